The number of carbonyl (C=O) groups excluding carboxylic acids is 1. The van der Waals surface area contributed by atoms with E-state index in [9.17, 15) is 9.90 Å². The normalized spacial score (nSPS) is 17.3. The molecule has 5 heteroatoms. The molecule has 25 heavy (non-hydrogen) atoms. The number of halogens is 1. The number of benzene rings is 2. The van der Waals surface area contributed by atoms with Gasteiger partial charge in [-0.15, -0.1) is 0 Å². The SMILES string of the molecule is CN(C)Cc1cc(I)c2c(c1)C(O)N(C(C)(C)c1ccccc1)C2=O. The van der Waals surface area contributed by atoms with Gasteiger partial charge in [0.2, 0.25) is 0 Å². The number of nitrogens with zero attached hydrogens (tertiary/aromatic N) is 2. The van der Waals surface area contributed by atoms with Crippen molar-refractivity contribution in [1.82, 2.24) is 9.80 Å². The third kappa shape index (κ3) is 3.20. The van der Waals surface area contributed by atoms with E-state index in [1.54, 1.807) is 4.90 Å². The highest BCUT2D eigenvalue weighted by Gasteiger charge is 2.45. The molecule has 0 saturated heterocycles. The molecule has 0 aliphatic carbocycles. The maximum Gasteiger partial charge on any atom is 0.258 e. The number of hydrogen-bond acceptors (Lipinski definition) is 3. The first-order valence-corrected chi connectivity index (χ1v) is 9.35. The molecular formula is C20H23IN2O2. The fourth-order valence-corrected chi connectivity index (χ4v) is 4.43. The lowest BCUT2D eigenvalue weighted by Gasteiger charge is -2.38. The minimum atomic E-state index is -0.937. The van der Waals surface area contributed by atoms with Crippen LogP contribution in [0, 0.1) is 3.57 Å². The molecule has 0 aromatic heterocycles. The van der Waals surface area contributed by atoms with Crippen LogP contribution >= 0.6 is 22.6 Å². The van der Waals surface area contributed by atoms with Gasteiger partial charge in [0, 0.05) is 15.7 Å². The van der Waals surface area contributed by atoms with Gasteiger partial charge < -0.3 is 10.0 Å². The van der Waals surface area contributed by atoms with Gasteiger partial charge in [-0.25, -0.2) is 0 Å². The molecular weight excluding hydrogens is 427 g/mol. The molecule has 132 valence electrons. The van der Waals surface area contributed by atoms with Gasteiger partial charge in [-0.1, -0.05) is 30.3 Å². The summed E-state index contributed by atoms with van der Waals surface area (Å²) in [4.78, 5) is 16.8. The quantitative estimate of drug-likeness (QED) is 0.723. The minimum Gasteiger partial charge on any atom is -0.369 e. The molecule has 1 heterocycles. The van der Waals surface area contributed by atoms with Crippen molar-refractivity contribution in [2.75, 3.05) is 14.1 Å². The van der Waals surface area contributed by atoms with Crippen molar-refractivity contribution >= 4 is 28.5 Å². The van der Waals surface area contributed by atoms with Crippen molar-refractivity contribution in [3.05, 3.63) is 68.3 Å². The zero-order valence-corrected chi connectivity index (χ0v) is 17.1. The molecule has 1 N–H and O–H groups in total. The smallest absolute Gasteiger partial charge is 0.258 e. The molecule has 0 fully saturated rings. The van der Waals surface area contributed by atoms with Crippen molar-refractivity contribution < 1.29 is 9.90 Å². The summed E-state index contributed by atoms with van der Waals surface area (Å²) in [6, 6.07) is 13.8. The zero-order valence-electron chi connectivity index (χ0n) is 15.0. The molecule has 1 amide bonds. The van der Waals surface area contributed by atoms with Crippen LogP contribution in [-0.4, -0.2) is 34.9 Å². The minimum absolute atomic E-state index is 0.114. The topological polar surface area (TPSA) is 43.8 Å². The van der Waals surface area contributed by atoms with E-state index in [-0.39, 0.29) is 5.91 Å². The molecule has 0 saturated carbocycles. The summed E-state index contributed by atoms with van der Waals surface area (Å²) in [5.41, 5.74) is 2.82. The van der Waals surface area contributed by atoms with Gasteiger partial charge in [0.15, 0.2) is 6.23 Å². The Morgan fingerprint density at radius 3 is 2.44 bits per heavy atom. The number of rotatable bonds is 4. The third-order valence-corrected chi connectivity index (χ3v) is 5.57. The highest BCUT2D eigenvalue weighted by molar-refractivity contribution is 14.1. The number of aliphatic hydroxyl groups excluding tert-OH is 1. The largest absolute Gasteiger partial charge is 0.369 e. The Bertz CT molecular complexity index is 803. The molecule has 0 spiro atoms. The molecule has 1 aliphatic rings. The van der Waals surface area contributed by atoms with Gasteiger partial charge >= 0.3 is 0 Å². The van der Waals surface area contributed by atoms with Crippen LogP contribution in [0.5, 0.6) is 0 Å². The lowest BCUT2D eigenvalue weighted by Crippen LogP contribution is -2.44. The average molecular weight is 450 g/mol. The molecule has 4 nitrogen and oxygen atoms in total. The Hall–Kier alpha value is -1.44. The van der Waals surface area contributed by atoms with Crippen LogP contribution in [0.15, 0.2) is 42.5 Å². The Labute approximate surface area is 162 Å². The van der Waals surface area contributed by atoms with Gasteiger partial charge in [-0.2, -0.15) is 0 Å². The van der Waals surface area contributed by atoms with Crippen LogP contribution < -0.4 is 0 Å². The first kappa shape index (κ1) is 18.4. The summed E-state index contributed by atoms with van der Waals surface area (Å²) in [5.74, 6) is -0.114. The second-order valence-electron chi connectivity index (χ2n) is 7.25. The van der Waals surface area contributed by atoms with E-state index in [0.717, 1.165) is 21.2 Å². The lowest BCUT2D eigenvalue weighted by atomic mass is 9.92. The van der Waals surface area contributed by atoms with Crippen molar-refractivity contribution in [1.29, 1.82) is 0 Å². The lowest BCUT2D eigenvalue weighted by molar-refractivity contribution is -0.0305. The van der Waals surface area contributed by atoms with Crippen LogP contribution in [0.25, 0.3) is 0 Å². The van der Waals surface area contributed by atoms with Crippen LogP contribution in [0.2, 0.25) is 0 Å². The summed E-state index contributed by atoms with van der Waals surface area (Å²) < 4.78 is 0.891. The van der Waals surface area contributed by atoms with Crippen LogP contribution in [0.3, 0.4) is 0 Å². The number of fused-ring (bicyclic) bond motifs is 1. The molecule has 2 aromatic rings. The predicted octanol–water partition coefficient (Wildman–Crippen LogP) is 3.73. The second kappa shape index (κ2) is 6.70. The summed E-state index contributed by atoms with van der Waals surface area (Å²) in [5, 5.41) is 11.0. The molecule has 2 aromatic carbocycles. The van der Waals surface area contributed by atoms with E-state index in [1.807, 2.05) is 70.4 Å². The second-order valence-corrected chi connectivity index (χ2v) is 8.42. The summed E-state index contributed by atoms with van der Waals surface area (Å²) in [7, 11) is 4.01. The van der Waals surface area contributed by atoms with Crippen LogP contribution in [0.1, 0.15) is 47.1 Å². The summed E-state index contributed by atoms with van der Waals surface area (Å²) in [6.07, 6.45) is -0.937. The highest BCUT2D eigenvalue weighted by Crippen LogP contribution is 2.43. The maximum atomic E-state index is 13.1. The van der Waals surface area contributed by atoms with Crippen LogP contribution in [-0.2, 0) is 12.1 Å². The number of aliphatic hydroxyl groups is 1. The molecule has 1 atom stereocenters. The number of amides is 1. The fraction of sp³-hybridized carbons (Fsp3) is 0.350. The van der Waals surface area contributed by atoms with E-state index in [4.69, 9.17) is 0 Å². The van der Waals surface area contributed by atoms with E-state index < -0.39 is 11.8 Å². The van der Waals surface area contributed by atoms with E-state index >= 15 is 0 Å². The van der Waals surface area contributed by atoms with Crippen LogP contribution in [0.4, 0.5) is 0 Å². The fourth-order valence-electron chi connectivity index (χ4n) is 3.49. The monoisotopic (exact) mass is 450 g/mol. The molecule has 0 radical (unpaired) electrons. The Balaban J connectivity index is 2.05. The third-order valence-electron chi connectivity index (χ3n) is 4.72. The molecule has 1 unspecified atom stereocenters. The maximum absolute atomic E-state index is 13.1. The van der Waals surface area contributed by atoms with Gasteiger partial charge in [-0.05, 0) is 73.8 Å². The molecule has 0 bridgehead atoms. The Kier molecular flexibility index (Phi) is 4.92. The van der Waals surface area contributed by atoms with E-state index in [2.05, 4.69) is 27.5 Å². The summed E-state index contributed by atoms with van der Waals surface area (Å²) in [6.45, 7) is 4.72. The molecule has 1 aliphatic heterocycles. The van der Waals surface area contributed by atoms with Gasteiger partial charge in [0.1, 0.15) is 0 Å². The van der Waals surface area contributed by atoms with Gasteiger partial charge in [0.25, 0.3) is 5.91 Å². The first-order chi connectivity index (χ1) is 11.7. The van der Waals surface area contributed by atoms with Crippen molar-refractivity contribution in [3.8, 4) is 0 Å². The summed E-state index contributed by atoms with van der Waals surface area (Å²) >= 11 is 2.20. The highest BCUT2D eigenvalue weighted by atomic mass is 127. The Morgan fingerprint density at radius 1 is 1.20 bits per heavy atom. The van der Waals surface area contributed by atoms with Crippen molar-refractivity contribution in [2.45, 2.75) is 32.2 Å². The van der Waals surface area contributed by atoms with Crippen molar-refractivity contribution in [2.24, 2.45) is 0 Å². The predicted molar refractivity (Wildman–Crippen MR) is 107 cm³/mol. The van der Waals surface area contributed by atoms with Gasteiger partial charge in [-0.3, -0.25) is 9.69 Å². The molecule has 3 rings (SSSR count). The number of carbonyl (C=O) groups is 1. The average Bonchev–Trinajstić information content (AvgIpc) is 2.79. The van der Waals surface area contributed by atoms with E-state index in [1.165, 1.54) is 0 Å². The zero-order chi connectivity index (χ0) is 18.4. The Morgan fingerprint density at radius 2 is 1.84 bits per heavy atom. The van der Waals surface area contributed by atoms with Crippen molar-refractivity contribution in [3.63, 3.8) is 0 Å². The number of hydrogen-bond donors (Lipinski definition) is 1. The van der Waals surface area contributed by atoms with Gasteiger partial charge in [0.05, 0.1) is 11.1 Å². The first-order valence-electron chi connectivity index (χ1n) is 8.27. The van der Waals surface area contributed by atoms with E-state index in [0.29, 0.717) is 11.1 Å². The standard InChI is InChI=1S/C20H23IN2O2/c1-20(2,14-8-6-5-7-9-14)23-18(24)15-10-13(12-22(3)4)11-16(21)17(15)19(23)25/h5-11,18,24H,12H2,1-4H3.